The van der Waals surface area contributed by atoms with Crippen molar-refractivity contribution in [3.05, 3.63) is 53.1 Å². The monoisotopic (exact) mass is 472 g/mol. The van der Waals surface area contributed by atoms with Crippen LogP contribution in [-0.2, 0) is 4.79 Å². The highest BCUT2D eigenvalue weighted by Gasteiger charge is 2.39. The summed E-state index contributed by atoms with van der Waals surface area (Å²) in [6.07, 6.45) is -3.46. The number of esters is 1. The minimum absolute atomic E-state index is 0.174. The number of carbonyl (C=O) groups excluding carboxylic acids is 2. The molecule has 12 nitrogen and oxygen atoms in total. The third-order valence-electron chi connectivity index (χ3n) is 5.04. The second-order valence-corrected chi connectivity index (χ2v) is 7.32. The van der Waals surface area contributed by atoms with Crippen LogP contribution in [0.15, 0.2) is 36.4 Å². The summed E-state index contributed by atoms with van der Waals surface area (Å²) in [6, 6.07) is 5.37. The first-order valence-corrected chi connectivity index (χ1v) is 9.45. The van der Waals surface area contributed by atoms with Gasteiger partial charge in [0, 0.05) is 17.7 Å². The summed E-state index contributed by atoms with van der Waals surface area (Å²) in [5.41, 5.74) is -0.884. The second kappa shape index (κ2) is 7.94. The van der Waals surface area contributed by atoms with Crippen LogP contribution in [0.2, 0.25) is 0 Å². The summed E-state index contributed by atoms with van der Waals surface area (Å²) < 4.78 is 10.5. The summed E-state index contributed by atoms with van der Waals surface area (Å²) in [4.78, 5) is 25.1. The number of carbonyl (C=O) groups is 2. The van der Waals surface area contributed by atoms with Crippen molar-refractivity contribution in [1.29, 1.82) is 0 Å². The van der Waals surface area contributed by atoms with E-state index in [0.717, 1.165) is 36.4 Å². The Labute approximate surface area is 189 Å². The molecular formula is C22H16O12. The molecule has 0 saturated heterocycles. The zero-order valence-electron chi connectivity index (χ0n) is 16.8. The molecule has 0 fully saturated rings. The molecule has 0 aliphatic carbocycles. The van der Waals surface area contributed by atoms with Gasteiger partial charge >= 0.3 is 5.97 Å². The number of aliphatic hydroxyl groups excluding tert-OH is 1. The van der Waals surface area contributed by atoms with Crippen molar-refractivity contribution < 1.29 is 59.9 Å². The lowest BCUT2D eigenvalue weighted by molar-refractivity contribution is -0.137. The first-order valence-electron chi connectivity index (χ1n) is 9.45. The van der Waals surface area contributed by atoms with Crippen LogP contribution in [0.3, 0.4) is 0 Å². The molecule has 4 rings (SSSR count). The van der Waals surface area contributed by atoms with Gasteiger partial charge in [0.25, 0.3) is 0 Å². The number of hydrogen-bond donors (Lipinski definition) is 8. The molecule has 0 spiro atoms. The Morgan fingerprint density at radius 1 is 0.794 bits per heavy atom. The van der Waals surface area contributed by atoms with E-state index >= 15 is 0 Å². The SMILES string of the molecule is O=C(Oc1cc([C@H]2Oc3cc(O)cc(O)c3C(O)C2=O)cc(O)c1O)c1cc(O)c(O)c(O)c1. The van der Waals surface area contributed by atoms with Gasteiger partial charge in [-0.25, -0.2) is 4.79 Å². The Bertz CT molecular complexity index is 1320. The molecule has 1 aliphatic rings. The summed E-state index contributed by atoms with van der Waals surface area (Å²) in [5.74, 6) is -8.32. The van der Waals surface area contributed by atoms with Gasteiger partial charge in [-0.15, -0.1) is 0 Å². The average Bonchev–Trinajstić information content (AvgIpc) is 2.76. The molecule has 3 aromatic rings. The van der Waals surface area contributed by atoms with E-state index in [0.29, 0.717) is 0 Å². The summed E-state index contributed by atoms with van der Waals surface area (Å²) >= 11 is 0. The Kier molecular flexibility index (Phi) is 5.22. The minimum Gasteiger partial charge on any atom is -0.508 e. The fourth-order valence-electron chi connectivity index (χ4n) is 3.40. The number of fused-ring (bicyclic) bond motifs is 1. The smallest absolute Gasteiger partial charge is 0.343 e. The third kappa shape index (κ3) is 3.67. The van der Waals surface area contributed by atoms with E-state index in [9.17, 15) is 50.4 Å². The normalized spacial score (nSPS) is 17.0. The van der Waals surface area contributed by atoms with Crippen molar-refractivity contribution in [2.45, 2.75) is 12.2 Å². The number of phenols is 7. The average molecular weight is 472 g/mol. The summed E-state index contributed by atoms with van der Waals surface area (Å²) in [7, 11) is 0. The van der Waals surface area contributed by atoms with E-state index in [1.807, 2.05) is 0 Å². The van der Waals surface area contributed by atoms with Crippen LogP contribution < -0.4 is 9.47 Å². The van der Waals surface area contributed by atoms with E-state index in [-0.39, 0.29) is 16.9 Å². The second-order valence-electron chi connectivity index (χ2n) is 7.32. The first kappa shape index (κ1) is 22.4. The van der Waals surface area contributed by atoms with Gasteiger partial charge in [0.15, 0.2) is 34.9 Å². The summed E-state index contributed by atoms with van der Waals surface area (Å²) in [5, 5.41) is 78.7. The number of aromatic hydroxyl groups is 7. The predicted octanol–water partition coefficient (Wildman–Crippen LogP) is 1.58. The molecule has 0 amide bonds. The largest absolute Gasteiger partial charge is 0.508 e. The van der Waals surface area contributed by atoms with E-state index < -0.39 is 75.5 Å². The lowest BCUT2D eigenvalue weighted by atomic mass is 9.92. The topological polar surface area (TPSA) is 214 Å². The van der Waals surface area contributed by atoms with Gasteiger partial charge in [-0.3, -0.25) is 4.79 Å². The fraction of sp³-hybridized carbons (Fsp3) is 0.0909. The van der Waals surface area contributed by atoms with Crippen molar-refractivity contribution in [3.63, 3.8) is 0 Å². The number of ether oxygens (including phenoxy) is 2. The Morgan fingerprint density at radius 3 is 2.06 bits per heavy atom. The van der Waals surface area contributed by atoms with Gasteiger partial charge in [-0.1, -0.05) is 0 Å². The van der Waals surface area contributed by atoms with Gasteiger partial charge in [0.1, 0.15) is 23.4 Å². The highest BCUT2D eigenvalue weighted by molar-refractivity contribution is 5.94. The summed E-state index contributed by atoms with van der Waals surface area (Å²) in [6.45, 7) is 0. The molecule has 8 N–H and O–H groups in total. The maximum Gasteiger partial charge on any atom is 0.343 e. The minimum atomic E-state index is -1.86. The quantitative estimate of drug-likeness (QED) is 0.155. The molecule has 12 heteroatoms. The van der Waals surface area contributed by atoms with Crippen LogP contribution in [-0.4, -0.2) is 52.6 Å². The Morgan fingerprint density at radius 2 is 1.41 bits per heavy atom. The van der Waals surface area contributed by atoms with E-state index in [4.69, 9.17) is 9.47 Å². The van der Waals surface area contributed by atoms with Crippen molar-refractivity contribution in [3.8, 4) is 51.7 Å². The molecule has 0 radical (unpaired) electrons. The number of phenolic OH excluding ortho intramolecular Hbond substituents is 7. The van der Waals surface area contributed by atoms with Crippen LogP contribution in [0.5, 0.6) is 51.7 Å². The number of rotatable bonds is 3. The van der Waals surface area contributed by atoms with Crippen molar-refractivity contribution in [2.24, 2.45) is 0 Å². The standard InChI is InChI=1S/C22H16O12/c23-9-5-10(24)16-14(6-9)33-21(20(31)19(16)30)7-1-13(27)18(29)15(4-7)34-22(32)8-2-11(25)17(28)12(26)3-8/h1-6,19,21,23-30H/t19?,21-/m1/s1. The number of hydrogen-bond acceptors (Lipinski definition) is 12. The molecule has 34 heavy (non-hydrogen) atoms. The number of Topliss-reactive ketones (excluding diaryl/α,β-unsaturated/α-hetero) is 1. The van der Waals surface area contributed by atoms with Gasteiger partial charge in [-0.05, 0) is 24.3 Å². The Hall–Kier alpha value is -4.84. The maximum absolute atomic E-state index is 12.7. The molecule has 1 unspecified atom stereocenters. The van der Waals surface area contributed by atoms with E-state index in [2.05, 4.69) is 0 Å². The molecule has 0 aromatic heterocycles. The van der Waals surface area contributed by atoms with E-state index in [1.165, 1.54) is 0 Å². The fourth-order valence-corrected chi connectivity index (χ4v) is 3.40. The van der Waals surface area contributed by atoms with Crippen molar-refractivity contribution in [1.82, 2.24) is 0 Å². The van der Waals surface area contributed by atoms with Gasteiger partial charge < -0.3 is 50.3 Å². The zero-order chi connectivity index (χ0) is 24.9. The molecule has 0 saturated carbocycles. The first-order chi connectivity index (χ1) is 16.0. The van der Waals surface area contributed by atoms with Gasteiger partial charge in [0.05, 0.1) is 11.1 Å². The van der Waals surface area contributed by atoms with Gasteiger partial charge in [-0.2, -0.15) is 0 Å². The van der Waals surface area contributed by atoms with Crippen LogP contribution in [0.1, 0.15) is 33.7 Å². The molecular weight excluding hydrogens is 456 g/mol. The van der Waals surface area contributed by atoms with Crippen molar-refractivity contribution in [2.75, 3.05) is 0 Å². The van der Waals surface area contributed by atoms with Crippen LogP contribution in [0, 0.1) is 0 Å². The van der Waals surface area contributed by atoms with Gasteiger partial charge in [0.2, 0.25) is 11.5 Å². The molecule has 2 atom stereocenters. The lowest BCUT2D eigenvalue weighted by Crippen LogP contribution is -2.30. The highest BCUT2D eigenvalue weighted by atomic mass is 16.5. The maximum atomic E-state index is 12.7. The molecule has 3 aromatic carbocycles. The number of aliphatic hydroxyl groups is 1. The van der Waals surface area contributed by atoms with Crippen LogP contribution in [0.25, 0.3) is 0 Å². The van der Waals surface area contributed by atoms with Crippen LogP contribution in [0.4, 0.5) is 0 Å². The van der Waals surface area contributed by atoms with Crippen molar-refractivity contribution >= 4 is 11.8 Å². The molecule has 1 aliphatic heterocycles. The number of benzene rings is 3. The zero-order valence-corrected chi connectivity index (χ0v) is 16.8. The lowest BCUT2D eigenvalue weighted by Gasteiger charge is -2.29. The van der Waals surface area contributed by atoms with Crippen LogP contribution >= 0.6 is 0 Å². The number of ketones is 1. The molecule has 176 valence electrons. The molecule has 1 heterocycles. The highest BCUT2D eigenvalue weighted by Crippen LogP contribution is 2.47. The third-order valence-corrected chi connectivity index (χ3v) is 5.04. The predicted molar refractivity (Wildman–Crippen MR) is 109 cm³/mol. The van der Waals surface area contributed by atoms with E-state index in [1.54, 1.807) is 0 Å². The Balaban J connectivity index is 1.71. The molecule has 0 bridgehead atoms.